The smallest absolute Gasteiger partial charge is 0.278 e. The zero-order valence-electron chi connectivity index (χ0n) is 14.8. The van der Waals surface area contributed by atoms with Gasteiger partial charge in [0.25, 0.3) is 5.91 Å². The third-order valence-corrected chi connectivity index (χ3v) is 5.11. The zero-order valence-corrected chi connectivity index (χ0v) is 14.8. The van der Waals surface area contributed by atoms with Gasteiger partial charge in [-0.05, 0) is 36.6 Å². The molecule has 6 heteroatoms. The van der Waals surface area contributed by atoms with E-state index in [-0.39, 0.29) is 11.9 Å². The van der Waals surface area contributed by atoms with Gasteiger partial charge in [-0.3, -0.25) is 4.79 Å². The highest BCUT2D eigenvalue weighted by molar-refractivity contribution is 5.78. The predicted molar refractivity (Wildman–Crippen MR) is 89.8 cm³/mol. The summed E-state index contributed by atoms with van der Waals surface area (Å²) >= 11 is 0. The van der Waals surface area contributed by atoms with Crippen molar-refractivity contribution in [2.75, 3.05) is 53.6 Å². The van der Waals surface area contributed by atoms with Gasteiger partial charge >= 0.3 is 0 Å². The first-order chi connectivity index (χ1) is 11.6. The monoisotopic (exact) mass is 335 g/mol. The van der Waals surface area contributed by atoms with Gasteiger partial charge in [0.1, 0.15) is 13.1 Å². The minimum absolute atomic E-state index is 0.0569. The minimum atomic E-state index is 0.0569. The van der Waals surface area contributed by atoms with Gasteiger partial charge in [-0.1, -0.05) is 0 Å². The highest BCUT2D eigenvalue weighted by Gasteiger charge is 2.31. The summed E-state index contributed by atoms with van der Waals surface area (Å²) in [5, 5.41) is 0. The Morgan fingerprint density at radius 1 is 1.25 bits per heavy atom. The Balaban J connectivity index is 1.75. The van der Waals surface area contributed by atoms with Crippen LogP contribution < -0.4 is 14.4 Å². The third-order valence-electron chi connectivity index (χ3n) is 5.11. The molecular formula is C18H27N2O4+. The number of carbonyl (C=O) groups excluding carboxylic acids is 1. The number of benzene rings is 1. The molecule has 1 fully saturated rings. The van der Waals surface area contributed by atoms with Gasteiger partial charge in [-0.25, -0.2) is 0 Å². The summed E-state index contributed by atoms with van der Waals surface area (Å²) in [4.78, 5) is 16.1. The zero-order chi connectivity index (χ0) is 17.1. The lowest BCUT2D eigenvalue weighted by atomic mass is 9.92. The van der Waals surface area contributed by atoms with Gasteiger partial charge < -0.3 is 24.0 Å². The molecule has 2 heterocycles. The molecule has 0 saturated carbocycles. The normalized spacial score (nSPS) is 21.3. The van der Waals surface area contributed by atoms with Gasteiger partial charge in [-0.2, -0.15) is 0 Å². The summed E-state index contributed by atoms with van der Waals surface area (Å²) in [5.41, 5.74) is 2.40. The Kier molecular flexibility index (Phi) is 5.26. The molecule has 24 heavy (non-hydrogen) atoms. The lowest BCUT2D eigenvalue weighted by molar-refractivity contribution is -0.900. The number of ether oxygens (including phenoxy) is 3. The summed E-state index contributed by atoms with van der Waals surface area (Å²) in [7, 11) is 3.29. The molecule has 1 atom stereocenters. The van der Waals surface area contributed by atoms with E-state index in [9.17, 15) is 4.79 Å². The molecule has 0 aromatic heterocycles. The second-order valence-electron chi connectivity index (χ2n) is 6.46. The fourth-order valence-electron chi connectivity index (χ4n) is 3.64. The fourth-order valence-corrected chi connectivity index (χ4v) is 3.64. The molecule has 0 aliphatic carbocycles. The number of nitrogens with one attached hydrogen (secondary N) is 1. The fraction of sp³-hybridized carbons (Fsp3) is 0.611. The third kappa shape index (κ3) is 3.35. The van der Waals surface area contributed by atoms with Crippen LogP contribution >= 0.6 is 0 Å². The number of morpholine rings is 1. The first-order valence-corrected chi connectivity index (χ1v) is 8.59. The Labute approximate surface area is 143 Å². The van der Waals surface area contributed by atoms with Gasteiger partial charge in [0.05, 0.1) is 33.5 Å². The first-order valence-electron chi connectivity index (χ1n) is 8.59. The van der Waals surface area contributed by atoms with E-state index in [0.29, 0.717) is 6.54 Å². The van der Waals surface area contributed by atoms with E-state index in [1.54, 1.807) is 14.2 Å². The van der Waals surface area contributed by atoms with Crippen LogP contribution in [0.5, 0.6) is 11.5 Å². The van der Waals surface area contributed by atoms with Crippen molar-refractivity contribution in [3.05, 3.63) is 23.3 Å². The molecule has 1 saturated heterocycles. The standard InChI is InChI=1S/C18H26N2O4/c1-13-15-11-17(23-3)16(22-2)10-14(15)4-5-20(13)18(21)12-19-6-8-24-9-7-19/h10-11,13H,4-9,12H2,1-3H3/p+1/t13-/m1/s1. The van der Waals surface area contributed by atoms with Gasteiger partial charge in [-0.15, -0.1) is 0 Å². The SMILES string of the molecule is COc1cc2c(cc1OC)[C@@H](C)N(C(=O)C[NH+]1CCOCC1)CC2. The molecule has 0 unspecified atom stereocenters. The first kappa shape index (κ1) is 17.0. The number of fused-ring (bicyclic) bond motifs is 1. The van der Waals surface area contributed by atoms with Crippen LogP contribution in [0.15, 0.2) is 12.1 Å². The maximum Gasteiger partial charge on any atom is 0.278 e. The molecular weight excluding hydrogens is 308 g/mol. The summed E-state index contributed by atoms with van der Waals surface area (Å²) in [6.45, 7) is 6.72. The van der Waals surface area contributed by atoms with E-state index in [4.69, 9.17) is 14.2 Å². The highest BCUT2D eigenvalue weighted by atomic mass is 16.5. The number of nitrogens with zero attached hydrogens (tertiary/aromatic N) is 1. The Morgan fingerprint density at radius 3 is 2.58 bits per heavy atom. The lowest BCUT2D eigenvalue weighted by Crippen LogP contribution is -3.15. The Morgan fingerprint density at radius 2 is 1.92 bits per heavy atom. The molecule has 1 amide bonds. The van der Waals surface area contributed by atoms with Gasteiger partial charge in [0, 0.05) is 6.54 Å². The van der Waals surface area contributed by atoms with Crippen LogP contribution in [0, 0.1) is 0 Å². The van der Waals surface area contributed by atoms with E-state index >= 15 is 0 Å². The van der Waals surface area contributed by atoms with E-state index in [0.717, 1.165) is 56.3 Å². The van der Waals surface area contributed by atoms with Gasteiger partial charge in [0.15, 0.2) is 18.0 Å². The van der Waals surface area contributed by atoms with E-state index in [2.05, 4.69) is 6.92 Å². The van der Waals surface area contributed by atoms with Crippen LogP contribution in [0.2, 0.25) is 0 Å². The number of methoxy groups -OCH3 is 2. The van der Waals surface area contributed by atoms with E-state index < -0.39 is 0 Å². The molecule has 0 spiro atoms. The molecule has 3 rings (SSSR count). The summed E-state index contributed by atoms with van der Waals surface area (Å²) in [6, 6.07) is 4.11. The van der Waals surface area contributed by atoms with Crippen molar-refractivity contribution in [2.45, 2.75) is 19.4 Å². The van der Waals surface area contributed by atoms with Gasteiger partial charge in [0.2, 0.25) is 0 Å². The van der Waals surface area contributed by atoms with Crippen molar-refractivity contribution in [1.82, 2.24) is 4.90 Å². The maximum absolute atomic E-state index is 12.8. The molecule has 2 aliphatic heterocycles. The number of quaternary nitrogens is 1. The average Bonchev–Trinajstić information content (AvgIpc) is 2.61. The van der Waals surface area contributed by atoms with Crippen molar-refractivity contribution in [3.8, 4) is 11.5 Å². The number of amides is 1. The van der Waals surface area contributed by atoms with Crippen LogP contribution in [0.1, 0.15) is 24.1 Å². The lowest BCUT2D eigenvalue weighted by Gasteiger charge is -2.36. The van der Waals surface area contributed by atoms with Crippen molar-refractivity contribution < 1.29 is 23.9 Å². The van der Waals surface area contributed by atoms with Crippen LogP contribution in [-0.2, 0) is 16.0 Å². The Bertz CT molecular complexity index is 599. The van der Waals surface area contributed by atoms with Crippen molar-refractivity contribution in [3.63, 3.8) is 0 Å². The van der Waals surface area contributed by atoms with Crippen LogP contribution in [0.25, 0.3) is 0 Å². The number of hydrogen-bond donors (Lipinski definition) is 1. The van der Waals surface area contributed by atoms with Crippen molar-refractivity contribution in [2.24, 2.45) is 0 Å². The van der Waals surface area contributed by atoms with Crippen LogP contribution in [0.4, 0.5) is 0 Å². The highest BCUT2D eigenvalue weighted by Crippen LogP contribution is 2.37. The number of carbonyl (C=O) groups is 1. The van der Waals surface area contributed by atoms with E-state index in [1.807, 2.05) is 17.0 Å². The second-order valence-corrected chi connectivity index (χ2v) is 6.46. The molecule has 0 radical (unpaired) electrons. The predicted octanol–water partition coefficient (Wildman–Crippen LogP) is 0.0646. The number of hydrogen-bond acceptors (Lipinski definition) is 4. The molecule has 1 aromatic rings. The average molecular weight is 335 g/mol. The molecule has 1 aromatic carbocycles. The molecule has 132 valence electrons. The Hall–Kier alpha value is -1.79. The summed E-state index contributed by atoms with van der Waals surface area (Å²) < 4.78 is 16.2. The number of rotatable bonds is 4. The minimum Gasteiger partial charge on any atom is -0.493 e. The molecule has 6 nitrogen and oxygen atoms in total. The summed E-state index contributed by atoms with van der Waals surface area (Å²) in [6.07, 6.45) is 0.851. The molecule has 0 bridgehead atoms. The van der Waals surface area contributed by atoms with Crippen LogP contribution in [0.3, 0.4) is 0 Å². The quantitative estimate of drug-likeness (QED) is 0.846. The van der Waals surface area contributed by atoms with Crippen LogP contribution in [-0.4, -0.2) is 64.4 Å². The molecule has 1 N–H and O–H groups in total. The van der Waals surface area contributed by atoms with E-state index in [1.165, 1.54) is 10.5 Å². The second kappa shape index (κ2) is 7.40. The molecule has 2 aliphatic rings. The van der Waals surface area contributed by atoms with Crippen molar-refractivity contribution >= 4 is 5.91 Å². The largest absolute Gasteiger partial charge is 0.493 e. The summed E-state index contributed by atoms with van der Waals surface area (Å²) in [5.74, 6) is 1.69. The topological polar surface area (TPSA) is 52.4 Å². The maximum atomic E-state index is 12.8. The van der Waals surface area contributed by atoms with Crippen molar-refractivity contribution in [1.29, 1.82) is 0 Å².